The van der Waals surface area contributed by atoms with Gasteiger partial charge >= 0.3 is 5.97 Å². The number of benzene rings is 2. The third-order valence-corrected chi connectivity index (χ3v) is 4.56. The van der Waals surface area contributed by atoms with E-state index in [9.17, 15) is 14.0 Å². The number of rotatable bonds is 8. The summed E-state index contributed by atoms with van der Waals surface area (Å²) in [5, 5.41) is 0. The molecule has 6 nitrogen and oxygen atoms in total. The van der Waals surface area contributed by atoms with Gasteiger partial charge in [-0.2, -0.15) is 0 Å². The number of halogens is 1. The fourth-order valence-corrected chi connectivity index (χ4v) is 2.95. The lowest BCUT2D eigenvalue weighted by Crippen LogP contribution is -2.36. The van der Waals surface area contributed by atoms with Crippen molar-refractivity contribution in [3.05, 3.63) is 59.4 Å². The van der Waals surface area contributed by atoms with Gasteiger partial charge < -0.3 is 19.1 Å². The summed E-state index contributed by atoms with van der Waals surface area (Å²) in [6, 6.07) is 11.2. The minimum atomic E-state index is -0.689. The molecule has 0 spiro atoms. The van der Waals surface area contributed by atoms with Crippen molar-refractivity contribution in [3.8, 4) is 11.5 Å². The van der Waals surface area contributed by atoms with E-state index in [0.29, 0.717) is 11.3 Å². The summed E-state index contributed by atoms with van der Waals surface area (Å²) >= 11 is 0. The van der Waals surface area contributed by atoms with Gasteiger partial charge in [0.05, 0.1) is 14.2 Å². The number of carbonyl (C=O) groups is 2. The molecule has 1 fully saturated rings. The van der Waals surface area contributed by atoms with Crippen LogP contribution in [-0.2, 0) is 16.1 Å². The quantitative estimate of drug-likeness (QED) is 0.651. The van der Waals surface area contributed by atoms with Crippen LogP contribution in [0.25, 0.3) is 0 Å². The lowest BCUT2D eigenvalue weighted by Gasteiger charge is -2.22. The van der Waals surface area contributed by atoms with Gasteiger partial charge in [-0.25, -0.2) is 9.18 Å². The molecule has 7 heteroatoms. The van der Waals surface area contributed by atoms with Crippen LogP contribution in [0.2, 0.25) is 0 Å². The topological polar surface area (TPSA) is 65.1 Å². The maximum Gasteiger partial charge on any atom is 0.342 e. The Balaban J connectivity index is 1.67. The highest BCUT2D eigenvalue weighted by Gasteiger charge is 2.33. The number of nitrogens with zero attached hydrogens (tertiary/aromatic N) is 1. The Hall–Kier alpha value is -3.09. The molecule has 28 heavy (non-hydrogen) atoms. The van der Waals surface area contributed by atoms with E-state index >= 15 is 0 Å². The van der Waals surface area contributed by atoms with Gasteiger partial charge in [0.25, 0.3) is 5.91 Å². The summed E-state index contributed by atoms with van der Waals surface area (Å²) in [6.07, 6.45) is 1.72. The molecule has 2 aromatic rings. The van der Waals surface area contributed by atoms with E-state index in [-0.39, 0.29) is 35.6 Å². The number of esters is 1. The highest BCUT2D eigenvalue weighted by molar-refractivity contribution is 5.95. The number of hydrogen-bond donors (Lipinski definition) is 0. The predicted molar refractivity (Wildman–Crippen MR) is 99.8 cm³/mol. The lowest BCUT2D eigenvalue weighted by atomic mass is 10.2. The van der Waals surface area contributed by atoms with Gasteiger partial charge in [0.15, 0.2) is 18.1 Å². The summed E-state index contributed by atoms with van der Waals surface area (Å²) in [6.45, 7) is -0.277. The SMILES string of the molecule is COc1cccc(C(=O)OCC(=O)N(Cc2ccccc2F)C2CC2)c1OC. The maximum atomic E-state index is 13.9. The first-order valence-electron chi connectivity index (χ1n) is 8.96. The Morgan fingerprint density at radius 3 is 2.46 bits per heavy atom. The van der Waals surface area contributed by atoms with Gasteiger partial charge in [-0.1, -0.05) is 24.3 Å². The van der Waals surface area contributed by atoms with E-state index in [1.807, 2.05) is 0 Å². The van der Waals surface area contributed by atoms with Crippen molar-refractivity contribution in [1.82, 2.24) is 4.90 Å². The van der Waals surface area contributed by atoms with Crippen LogP contribution in [0.5, 0.6) is 11.5 Å². The number of carbonyl (C=O) groups excluding carboxylic acids is 2. The van der Waals surface area contributed by atoms with Gasteiger partial charge in [0.1, 0.15) is 11.4 Å². The summed E-state index contributed by atoms with van der Waals surface area (Å²) < 4.78 is 29.5. The molecule has 0 radical (unpaired) electrons. The molecular formula is C21H22FNO5. The fraction of sp³-hybridized carbons (Fsp3) is 0.333. The second-order valence-electron chi connectivity index (χ2n) is 6.46. The fourth-order valence-electron chi connectivity index (χ4n) is 2.95. The van der Waals surface area contributed by atoms with Crippen molar-refractivity contribution in [2.45, 2.75) is 25.4 Å². The number of hydrogen-bond acceptors (Lipinski definition) is 5. The average molecular weight is 387 g/mol. The van der Waals surface area contributed by atoms with Crippen LogP contribution in [0.3, 0.4) is 0 Å². The third-order valence-electron chi connectivity index (χ3n) is 4.56. The monoisotopic (exact) mass is 387 g/mol. The Bertz CT molecular complexity index is 866. The zero-order valence-electron chi connectivity index (χ0n) is 15.8. The first-order valence-corrected chi connectivity index (χ1v) is 8.96. The van der Waals surface area contributed by atoms with Crippen molar-refractivity contribution in [2.75, 3.05) is 20.8 Å². The molecule has 0 aliphatic heterocycles. The van der Waals surface area contributed by atoms with E-state index in [0.717, 1.165) is 12.8 Å². The molecule has 1 amide bonds. The largest absolute Gasteiger partial charge is 0.493 e. The van der Waals surface area contributed by atoms with E-state index in [1.54, 1.807) is 35.2 Å². The third kappa shape index (κ3) is 4.42. The Kier molecular flexibility index (Phi) is 6.13. The number of ether oxygens (including phenoxy) is 3. The normalized spacial score (nSPS) is 13.0. The number of methoxy groups -OCH3 is 2. The molecule has 0 unspecified atom stereocenters. The van der Waals surface area contributed by atoms with Crippen LogP contribution >= 0.6 is 0 Å². The Labute approximate surface area is 162 Å². The van der Waals surface area contributed by atoms with Crippen molar-refractivity contribution in [2.24, 2.45) is 0 Å². The number of amides is 1. The minimum Gasteiger partial charge on any atom is -0.493 e. The molecule has 1 aliphatic rings. The average Bonchev–Trinajstić information content (AvgIpc) is 3.55. The summed E-state index contributed by atoms with van der Waals surface area (Å²) in [7, 11) is 2.88. The molecule has 0 N–H and O–H groups in total. The summed E-state index contributed by atoms with van der Waals surface area (Å²) in [5.74, 6) is -0.777. The van der Waals surface area contributed by atoms with Crippen molar-refractivity contribution < 1.29 is 28.2 Å². The van der Waals surface area contributed by atoms with E-state index in [2.05, 4.69) is 0 Å². The molecule has 0 atom stereocenters. The van der Waals surface area contributed by atoms with Crippen LogP contribution in [0.15, 0.2) is 42.5 Å². The molecule has 0 bridgehead atoms. The van der Waals surface area contributed by atoms with Gasteiger partial charge in [-0.3, -0.25) is 4.79 Å². The molecule has 2 aromatic carbocycles. The zero-order valence-corrected chi connectivity index (χ0v) is 15.8. The second kappa shape index (κ2) is 8.73. The second-order valence-corrected chi connectivity index (χ2v) is 6.46. The van der Waals surface area contributed by atoms with Crippen molar-refractivity contribution in [1.29, 1.82) is 0 Å². The zero-order chi connectivity index (χ0) is 20.1. The molecule has 0 aromatic heterocycles. The highest BCUT2D eigenvalue weighted by Crippen LogP contribution is 2.31. The van der Waals surface area contributed by atoms with Crippen LogP contribution in [0.1, 0.15) is 28.8 Å². The Morgan fingerprint density at radius 1 is 1.07 bits per heavy atom. The van der Waals surface area contributed by atoms with Crippen molar-refractivity contribution in [3.63, 3.8) is 0 Å². The van der Waals surface area contributed by atoms with Crippen LogP contribution in [0, 0.1) is 5.82 Å². The van der Waals surface area contributed by atoms with Gasteiger partial charge in [-0.15, -0.1) is 0 Å². The van der Waals surface area contributed by atoms with Crippen LogP contribution in [0.4, 0.5) is 4.39 Å². The molecule has 148 valence electrons. The molecule has 1 saturated carbocycles. The van der Waals surface area contributed by atoms with E-state index in [1.165, 1.54) is 26.4 Å². The molecule has 0 heterocycles. The number of para-hydroxylation sites is 1. The smallest absolute Gasteiger partial charge is 0.342 e. The van der Waals surface area contributed by atoms with Crippen LogP contribution < -0.4 is 9.47 Å². The first kappa shape index (κ1) is 19.7. The summed E-state index contributed by atoms with van der Waals surface area (Å²) in [4.78, 5) is 26.6. The van der Waals surface area contributed by atoms with Gasteiger partial charge in [-0.05, 0) is 31.0 Å². The predicted octanol–water partition coefficient (Wildman–Crippen LogP) is 3.19. The van der Waals surface area contributed by atoms with Gasteiger partial charge in [0.2, 0.25) is 0 Å². The first-order chi connectivity index (χ1) is 13.5. The lowest BCUT2D eigenvalue weighted by molar-refractivity contribution is -0.135. The molecular weight excluding hydrogens is 365 g/mol. The highest BCUT2D eigenvalue weighted by atomic mass is 19.1. The summed E-state index contributed by atoms with van der Waals surface area (Å²) in [5.41, 5.74) is 0.602. The standard InChI is InChI=1S/C21H22FNO5/c1-26-18-9-5-7-16(20(18)27-2)21(25)28-13-19(24)23(15-10-11-15)12-14-6-3-4-8-17(14)22/h3-9,15H,10-13H2,1-2H3. The molecule has 1 aliphatic carbocycles. The Morgan fingerprint density at radius 2 is 1.82 bits per heavy atom. The maximum absolute atomic E-state index is 13.9. The van der Waals surface area contributed by atoms with Crippen LogP contribution in [-0.4, -0.2) is 43.6 Å². The molecule has 0 saturated heterocycles. The van der Waals surface area contributed by atoms with E-state index in [4.69, 9.17) is 14.2 Å². The van der Waals surface area contributed by atoms with Gasteiger partial charge in [0, 0.05) is 18.2 Å². The van der Waals surface area contributed by atoms with Crippen molar-refractivity contribution >= 4 is 11.9 Å². The van der Waals surface area contributed by atoms with E-state index < -0.39 is 12.6 Å². The molecule has 3 rings (SSSR count). The minimum absolute atomic E-state index is 0.0529.